The molecule has 0 radical (unpaired) electrons. The van der Waals surface area contributed by atoms with Crippen molar-refractivity contribution >= 4 is 0 Å². The molecule has 0 spiro atoms. The maximum absolute atomic E-state index is 5.66. The van der Waals surface area contributed by atoms with Crippen molar-refractivity contribution in [2.45, 2.75) is 58.5 Å². The molecule has 2 heteroatoms. The van der Waals surface area contributed by atoms with E-state index in [2.05, 4.69) is 18.8 Å². The molecule has 0 saturated carbocycles. The molecule has 0 atom stereocenters. The minimum atomic E-state index is 0.673. The molecular formula is C19H28O2. The summed E-state index contributed by atoms with van der Waals surface area (Å²) in [6, 6.07) is 8.01. The first-order valence-corrected chi connectivity index (χ1v) is 8.03. The van der Waals surface area contributed by atoms with Gasteiger partial charge in [0.05, 0.1) is 13.7 Å². The Morgan fingerprint density at radius 2 is 1.57 bits per heavy atom. The third-order valence-electron chi connectivity index (χ3n) is 3.30. The van der Waals surface area contributed by atoms with Gasteiger partial charge in [0, 0.05) is 19.4 Å². The van der Waals surface area contributed by atoms with Crippen LogP contribution in [0.1, 0.15) is 57.4 Å². The molecule has 0 N–H and O–H groups in total. The maximum Gasteiger partial charge on any atom is 0.118 e. The van der Waals surface area contributed by atoms with Gasteiger partial charge in [0.25, 0.3) is 0 Å². The fraction of sp³-hybridized carbons (Fsp3) is 0.579. The Morgan fingerprint density at radius 3 is 2.19 bits per heavy atom. The van der Waals surface area contributed by atoms with Crippen molar-refractivity contribution < 1.29 is 9.47 Å². The first-order chi connectivity index (χ1) is 10.4. The highest BCUT2D eigenvalue weighted by atomic mass is 16.5. The van der Waals surface area contributed by atoms with E-state index in [0.29, 0.717) is 6.61 Å². The van der Waals surface area contributed by atoms with Gasteiger partial charge < -0.3 is 9.47 Å². The second-order valence-corrected chi connectivity index (χ2v) is 5.17. The zero-order chi connectivity index (χ0) is 15.2. The van der Waals surface area contributed by atoms with E-state index in [0.717, 1.165) is 38.0 Å². The van der Waals surface area contributed by atoms with Crippen LogP contribution in [0.25, 0.3) is 0 Å². The number of ether oxygens (including phenoxy) is 2. The van der Waals surface area contributed by atoms with Gasteiger partial charge in [0.1, 0.15) is 5.75 Å². The van der Waals surface area contributed by atoms with Crippen molar-refractivity contribution in [3.63, 3.8) is 0 Å². The summed E-state index contributed by atoms with van der Waals surface area (Å²) >= 11 is 0. The molecule has 0 aliphatic heterocycles. The zero-order valence-corrected chi connectivity index (χ0v) is 13.5. The highest BCUT2D eigenvalue weighted by molar-refractivity contribution is 5.26. The highest BCUT2D eigenvalue weighted by Crippen LogP contribution is 2.12. The number of benzene rings is 1. The number of unbranched alkanes of at least 4 members (excludes halogenated alkanes) is 5. The molecule has 0 bridgehead atoms. The molecule has 21 heavy (non-hydrogen) atoms. The quantitative estimate of drug-likeness (QED) is 0.447. The van der Waals surface area contributed by atoms with E-state index in [1.807, 2.05) is 24.3 Å². The van der Waals surface area contributed by atoms with Gasteiger partial charge in [-0.05, 0) is 37.0 Å². The largest absolute Gasteiger partial charge is 0.497 e. The summed E-state index contributed by atoms with van der Waals surface area (Å²) in [5.74, 6) is 7.38. The van der Waals surface area contributed by atoms with Gasteiger partial charge in [-0.3, -0.25) is 0 Å². The summed E-state index contributed by atoms with van der Waals surface area (Å²) in [6.45, 7) is 3.70. The average molecular weight is 288 g/mol. The van der Waals surface area contributed by atoms with Gasteiger partial charge in [-0.15, -0.1) is 11.8 Å². The van der Waals surface area contributed by atoms with Crippen LogP contribution in [0.2, 0.25) is 0 Å². The van der Waals surface area contributed by atoms with Crippen molar-refractivity contribution in [3.05, 3.63) is 29.8 Å². The molecule has 1 aromatic carbocycles. The van der Waals surface area contributed by atoms with Gasteiger partial charge in [0.15, 0.2) is 0 Å². The predicted molar refractivity (Wildman–Crippen MR) is 88.4 cm³/mol. The van der Waals surface area contributed by atoms with Crippen LogP contribution in [0.3, 0.4) is 0 Å². The molecule has 116 valence electrons. The Balaban J connectivity index is 1.96. The second kappa shape index (κ2) is 12.3. The van der Waals surface area contributed by atoms with Crippen molar-refractivity contribution in [1.82, 2.24) is 0 Å². The van der Waals surface area contributed by atoms with Crippen LogP contribution < -0.4 is 4.74 Å². The summed E-state index contributed by atoms with van der Waals surface area (Å²) in [7, 11) is 1.68. The molecule has 0 aromatic heterocycles. The molecule has 0 saturated heterocycles. The van der Waals surface area contributed by atoms with Crippen LogP contribution in [0, 0.1) is 11.8 Å². The fourth-order valence-electron chi connectivity index (χ4n) is 1.97. The second-order valence-electron chi connectivity index (χ2n) is 5.17. The van der Waals surface area contributed by atoms with Gasteiger partial charge in [0.2, 0.25) is 0 Å². The van der Waals surface area contributed by atoms with Crippen LogP contribution in [0.5, 0.6) is 5.75 Å². The summed E-state index contributed by atoms with van der Waals surface area (Å²) in [4.78, 5) is 0. The lowest BCUT2D eigenvalue weighted by Crippen LogP contribution is -1.95. The molecule has 1 rings (SSSR count). The Morgan fingerprint density at radius 1 is 0.905 bits per heavy atom. The van der Waals surface area contributed by atoms with Crippen molar-refractivity contribution in [2.24, 2.45) is 0 Å². The van der Waals surface area contributed by atoms with E-state index in [4.69, 9.17) is 9.47 Å². The van der Waals surface area contributed by atoms with Crippen LogP contribution in [0.4, 0.5) is 0 Å². The Kier molecular flexibility index (Phi) is 10.3. The lowest BCUT2D eigenvalue weighted by molar-refractivity contribution is 0.117. The van der Waals surface area contributed by atoms with E-state index >= 15 is 0 Å². The van der Waals surface area contributed by atoms with E-state index in [1.165, 1.54) is 24.8 Å². The SMILES string of the molecule is CCCCCC#CCCCCOCc1ccc(OC)cc1. The molecule has 0 unspecified atom stereocenters. The Bertz CT molecular complexity index is 411. The van der Waals surface area contributed by atoms with Crippen molar-refractivity contribution in [2.75, 3.05) is 13.7 Å². The maximum atomic E-state index is 5.66. The lowest BCUT2D eigenvalue weighted by atomic mass is 10.2. The van der Waals surface area contributed by atoms with Gasteiger partial charge >= 0.3 is 0 Å². The van der Waals surface area contributed by atoms with Crippen molar-refractivity contribution in [1.29, 1.82) is 0 Å². The topological polar surface area (TPSA) is 18.5 Å². The standard InChI is InChI=1S/C19H28O2/c1-3-4-5-6-7-8-9-10-11-16-21-17-18-12-14-19(20-2)15-13-18/h12-15H,3-6,9-11,16-17H2,1-2H3. The van der Waals surface area contributed by atoms with Gasteiger partial charge in [-0.25, -0.2) is 0 Å². The first-order valence-electron chi connectivity index (χ1n) is 8.03. The number of hydrogen-bond donors (Lipinski definition) is 0. The molecule has 0 fully saturated rings. The van der Waals surface area contributed by atoms with Crippen LogP contribution >= 0.6 is 0 Å². The number of methoxy groups -OCH3 is 1. The van der Waals surface area contributed by atoms with Gasteiger partial charge in [-0.2, -0.15) is 0 Å². The number of hydrogen-bond acceptors (Lipinski definition) is 2. The van der Waals surface area contributed by atoms with E-state index < -0.39 is 0 Å². The van der Waals surface area contributed by atoms with Crippen LogP contribution in [-0.2, 0) is 11.3 Å². The zero-order valence-electron chi connectivity index (χ0n) is 13.5. The first kappa shape index (κ1) is 17.6. The van der Waals surface area contributed by atoms with Crippen LogP contribution in [-0.4, -0.2) is 13.7 Å². The highest BCUT2D eigenvalue weighted by Gasteiger charge is 1.95. The molecule has 0 aliphatic carbocycles. The monoisotopic (exact) mass is 288 g/mol. The summed E-state index contributed by atoms with van der Waals surface area (Å²) < 4.78 is 10.8. The van der Waals surface area contributed by atoms with Crippen molar-refractivity contribution in [3.8, 4) is 17.6 Å². The number of rotatable bonds is 10. The smallest absolute Gasteiger partial charge is 0.118 e. The molecular weight excluding hydrogens is 260 g/mol. The molecule has 0 aliphatic rings. The van der Waals surface area contributed by atoms with E-state index in [1.54, 1.807) is 7.11 Å². The summed E-state index contributed by atoms with van der Waals surface area (Å²) in [5, 5.41) is 0. The van der Waals surface area contributed by atoms with Gasteiger partial charge in [-0.1, -0.05) is 31.9 Å². The third kappa shape index (κ3) is 9.15. The van der Waals surface area contributed by atoms with Crippen LogP contribution in [0.15, 0.2) is 24.3 Å². The Labute approximate surface area is 129 Å². The minimum absolute atomic E-state index is 0.673. The summed E-state index contributed by atoms with van der Waals surface area (Å²) in [6.07, 6.45) is 8.08. The lowest BCUT2D eigenvalue weighted by Gasteiger charge is -2.05. The summed E-state index contributed by atoms with van der Waals surface area (Å²) in [5.41, 5.74) is 1.19. The predicted octanol–water partition coefficient (Wildman–Crippen LogP) is 4.97. The molecule has 0 heterocycles. The fourth-order valence-corrected chi connectivity index (χ4v) is 1.97. The molecule has 2 nitrogen and oxygen atoms in total. The molecule has 1 aromatic rings. The van der Waals surface area contributed by atoms with E-state index in [-0.39, 0.29) is 0 Å². The Hall–Kier alpha value is -1.46. The third-order valence-corrected chi connectivity index (χ3v) is 3.30. The normalized spacial score (nSPS) is 10.0. The molecule has 0 amide bonds. The average Bonchev–Trinajstić information content (AvgIpc) is 2.53. The van der Waals surface area contributed by atoms with E-state index in [9.17, 15) is 0 Å². The minimum Gasteiger partial charge on any atom is -0.497 e.